The van der Waals surface area contributed by atoms with Gasteiger partial charge in [-0.15, -0.1) is 0 Å². The summed E-state index contributed by atoms with van der Waals surface area (Å²) in [7, 11) is 1.44. The van der Waals surface area contributed by atoms with Gasteiger partial charge in [0, 0.05) is 11.6 Å². The number of aromatic hydroxyl groups is 1. The lowest BCUT2D eigenvalue weighted by molar-refractivity contribution is -0.137. The number of phenols is 1. The van der Waals surface area contributed by atoms with Gasteiger partial charge in [-0.05, 0) is 48.7 Å². The number of phenolic OH excluding ortho intramolecular Hbond substituents is 1. The van der Waals surface area contributed by atoms with Crippen molar-refractivity contribution in [1.82, 2.24) is 15.0 Å². The minimum absolute atomic E-state index is 0.0168. The zero-order valence-electron chi connectivity index (χ0n) is 17.4. The van der Waals surface area contributed by atoms with Gasteiger partial charge < -0.3 is 9.84 Å². The SMILES string of the molecule is COc1ccc(-c2nc(C3=CC=CCC3)nc(-c3ccc(C#N)cc3C(F)(F)F)n2)c(O)c1. The molecule has 0 amide bonds. The molecule has 0 saturated carbocycles. The molecule has 6 nitrogen and oxygen atoms in total. The van der Waals surface area contributed by atoms with Crippen molar-refractivity contribution in [2.24, 2.45) is 0 Å². The van der Waals surface area contributed by atoms with Crippen LogP contribution < -0.4 is 4.74 Å². The highest BCUT2D eigenvalue weighted by atomic mass is 19.4. The quantitative estimate of drug-likeness (QED) is 0.561. The topological polar surface area (TPSA) is 91.9 Å². The molecule has 0 spiro atoms. The van der Waals surface area contributed by atoms with Crippen molar-refractivity contribution >= 4 is 5.57 Å². The number of methoxy groups -OCH3 is 1. The lowest BCUT2D eigenvalue weighted by atomic mass is 10.0. The Kier molecular flexibility index (Phi) is 5.84. The number of halogens is 3. The molecule has 0 fully saturated rings. The molecule has 1 aliphatic rings. The van der Waals surface area contributed by atoms with Crippen molar-refractivity contribution in [2.75, 3.05) is 7.11 Å². The Hall–Kier alpha value is -4.19. The summed E-state index contributed by atoms with van der Waals surface area (Å²) < 4.78 is 46.6. The molecular formula is C24H17F3N4O2. The highest BCUT2D eigenvalue weighted by Crippen LogP contribution is 2.38. The van der Waals surface area contributed by atoms with Gasteiger partial charge in [-0.2, -0.15) is 18.4 Å². The molecule has 166 valence electrons. The van der Waals surface area contributed by atoms with Gasteiger partial charge in [0.15, 0.2) is 17.5 Å². The molecular weight excluding hydrogens is 433 g/mol. The van der Waals surface area contributed by atoms with Gasteiger partial charge in [0.25, 0.3) is 0 Å². The van der Waals surface area contributed by atoms with E-state index in [1.807, 2.05) is 12.2 Å². The van der Waals surface area contributed by atoms with Crippen molar-refractivity contribution in [3.05, 3.63) is 71.6 Å². The number of hydrogen-bond donors (Lipinski definition) is 1. The van der Waals surface area contributed by atoms with Crippen LogP contribution in [0.3, 0.4) is 0 Å². The lowest BCUT2D eigenvalue weighted by Crippen LogP contribution is -2.10. The van der Waals surface area contributed by atoms with Crippen molar-refractivity contribution < 1.29 is 23.0 Å². The Balaban J connectivity index is 1.97. The first-order chi connectivity index (χ1) is 15.8. The number of ether oxygens (including phenoxy) is 1. The molecule has 1 aromatic heterocycles. The van der Waals surface area contributed by atoms with Gasteiger partial charge in [0.2, 0.25) is 0 Å². The second kappa shape index (κ2) is 8.74. The number of aromatic nitrogens is 3. The second-order valence-corrected chi connectivity index (χ2v) is 7.22. The third-order valence-corrected chi connectivity index (χ3v) is 5.08. The van der Waals surface area contributed by atoms with Crippen LogP contribution in [0.4, 0.5) is 13.2 Å². The van der Waals surface area contributed by atoms with Crippen LogP contribution in [0.5, 0.6) is 11.5 Å². The van der Waals surface area contributed by atoms with Crippen LogP contribution in [-0.4, -0.2) is 27.2 Å². The largest absolute Gasteiger partial charge is 0.507 e. The van der Waals surface area contributed by atoms with Crippen LogP contribution in [0, 0.1) is 11.3 Å². The first-order valence-electron chi connectivity index (χ1n) is 9.91. The monoisotopic (exact) mass is 450 g/mol. The van der Waals surface area contributed by atoms with Crippen molar-refractivity contribution in [3.63, 3.8) is 0 Å². The summed E-state index contributed by atoms with van der Waals surface area (Å²) in [4.78, 5) is 13.0. The average Bonchev–Trinajstić information content (AvgIpc) is 2.83. The number of nitrogens with zero attached hydrogens (tertiary/aromatic N) is 4. The molecule has 0 atom stereocenters. The summed E-state index contributed by atoms with van der Waals surface area (Å²) in [6, 6.07) is 9.42. The lowest BCUT2D eigenvalue weighted by Gasteiger charge is -2.15. The standard InChI is InChI=1S/C24H17F3N4O2/c1-33-16-8-10-18(20(32)12-16)23-30-21(15-5-3-2-4-6-15)29-22(31-23)17-9-7-14(13-28)11-19(17)24(25,26)27/h2-3,5,7-12,32H,4,6H2,1H3. The predicted octanol–water partition coefficient (Wildman–Crippen LogP) is 5.54. The van der Waals surface area contributed by atoms with Crippen LogP contribution >= 0.6 is 0 Å². The zero-order valence-corrected chi connectivity index (χ0v) is 17.4. The molecule has 0 radical (unpaired) electrons. The number of hydrogen-bond acceptors (Lipinski definition) is 6. The Morgan fingerprint density at radius 3 is 2.30 bits per heavy atom. The predicted molar refractivity (Wildman–Crippen MR) is 115 cm³/mol. The maximum atomic E-state index is 13.8. The summed E-state index contributed by atoms with van der Waals surface area (Å²) in [5.41, 5.74) is -0.492. The molecule has 9 heteroatoms. The fraction of sp³-hybridized carbons (Fsp3) is 0.167. The molecule has 0 aliphatic heterocycles. The van der Waals surface area contributed by atoms with E-state index in [1.165, 1.54) is 31.4 Å². The highest BCUT2D eigenvalue weighted by molar-refractivity contribution is 5.72. The fourth-order valence-corrected chi connectivity index (χ4v) is 3.42. The third-order valence-electron chi connectivity index (χ3n) is 5.08. The first-order valence-corrected chi connectivity index (χ1v) is 9.91. The van der Waals surface area contributed by atoms with Crippen LogP contribution in [0.15, 0.2) is 54.6 Å². The maximum absolute atomic E-state index is 13.8. The Morgan fingerprint density at radius 2 is 1.70 bits per heavy atom. The Labute approximate surface area is 187 Å². The molecule has 1 aliphatic carbocycles. The van der Waals surface area contributed by atoms with Crippen molar-refractivity contribution in [3.8, 4) is 40.3 Å². The summed E-state index contributed by atoms with van der Waals surface area (Å²) in [6.07, 6.45) is 2.20. The van der Waals surface area contributed by atoms with Gasteiger partial charge in [0.1, 0.15) is 11.5 Å². The minimum atomic E-state index is -4.73. The number of alkyl halides is 3. The van der Waals surface area contributed by atoms with E-state index in [9.17, 15) is 18.3 Å². The summed E-state index contributed by atoms with van der Waals surface area (Å²) >= 11 is 0. The third kappa shape index (κ3) is 4.55. The summed E-state index contributed by atoms with van der Waals surface area (Å²) in [6.45, 7) is 0. The van der Waals surface area contributed by atoms with Gasteiger partial charge in [-0.1, -0.05) is 18.2 Å². The van der Waals surface area contributed by atoms with Gasteiger partial charge >= 0.3 is 6.18 Å². The van der Waals surface area contributed by atoms with Crippen LogP contribution in [-0.2, 0) is 6.18 Å². The molecule has 1 heterocycles. The van der Waals surface area contributed by atoms with E-state index >= 15 is 0 Å². The maximum Gasteiger partial charge on any atom is 0.417 e. The Morgan fingerprint density at radius 1 is 1.00 bits per heavy atom. The molecule has 3 aromatic rings. The number of allylic oxidation sites excluding steroid dienone is 4. The molecule has 2 aromatic carbocycles. The van der Waals surface area contributed by atoms with E-state index in [1.54, 1.807) is 18.2 Å². The second-order valence-electron chi connectivity index (χ2n) is 7.22. The molecule has 0 saturated heterocycles. The van der Waals surface area contributed by atoms with Crippen molar-refractivity contribution in [2.45, 2.75) is 19.0 Å². The normalized spacial score (nSPS) is 13.4. The van der Waals surface area contributed by atoms with E-state index in [0.717, 1.165) is 18.1 Å². The summed E-state index contributed by atoms with van der Waals surface area (Å²) in [5.74, 6) is 0.232. The first kappa shape index (κ1) is 22.0. The van der Waals surface area contributed by atoms with Gasteiger partial charge in [-0.3, -0.25) is 0 Å². The molecule has 33 heavy (non-hydrogen) atoms. The fourth-order valence-electron chi connectivity index (χ4n) is 3.42. The molecule has 0 bridgehead atoms. The van der Waals surface area contributed by atoms with Crippen LogP contribution in [0.25, 0.3) is 28.3 Å². The molecule has 4 rings (SSSR count). The number of benzene rings is 2. The van der Waals surface area contributed by atoms with E-state index in [4.69, 9.17) is 10.00 Å². The van der Waals surface area contributed by atoms with Crippen molar-refractivity contribution in [1.29, 1.82) is 5.26 Å². The van der Waals surface area contributed by atoms with E-state index in [-0.39, 0.29) is 39.9 Å². The van der Waals surface area contributed by atoms with E-state index < -0.39 is 11.7 Å². The highest BCUT2D eigenvalue weighted by Gasteiger charge is 2.35. The summed E-state index contributed by atoms with van der Waals surface area (Å²) in [5, 5.41) is 19.5. The van der Waals surface area contributed by atoms with E-state index in [0.29, 0.717) is 12.2 Å². The number of nitriles is 1. The minimum Gasteiger partial charge on any atom is -0.507 e. The van der Waals surface area contributed by atoms with Crippen LogP contribution in [0.1, 0.15) is 29.8 Å². The molecule has 1 N–H and O–H groups in total. The zero-order chi connectivity index (χ0) is 23.6. The number of rotatable bonds is 4. The van der Waals surface area contributed by atoms with Gasteiger partial charge in [0.05, 0.1) is 29.9 Å². The molecule has 0 unspecified atom stereocenters. The average molecular weight is 450 g/mol. The van der Waals surface area contributed by atoms with Crippen LogP contribution in [0.2, 0.25) is 0 Å². The smallest absolute Gasteiger partial charge is 0.417 e. The van der Waals surface area contributed by atoms with E-state index in [2.05, 4.69) is 15.0 Å². The Bertz CT molecular complexity index is 1320. The van der Waals surface area contributed by atoms with Gasteiger partial charge in [-0.25, -0.2) is 15.0 Å².